The van der Waals surface area contributed by atoms with Crippen molar-refractivity contribution >= 4 is 36.5 Å². The van der Waals surface area contributed by atoms with Gasteiger partial charge in [-0.1, -0.05) is 49.3 Å². The van der Waals surface area contributed by atoms with Crippen molar-refractivity contribution in [1.82, 2.24) is 10.2 Å². The zero-order valence-corrected chi connectivity index (χ0v) is 19.8. The number of rotatable bonds is 7. The number of carbonyl (C=O) groups is 2. The molecule has 0 aliphatic carbocycles. The lowest BCUT2D eigenvalue weighted by atomic mass is 9.76. The summed E-state index contributed by atoms with van der Waals surface area (Å²) >= 11 is 1.65. The van der Waals surface area contributed by atoms with E-state index >= 15 is 0 Å². The Hall–Kier alpha value is -2.51. The van der Waals surface area contributed by atoms with Gasteiger partial charge in [-0.15, -0.1) is 11.8 Å². The van der Waals surface area contributed by atoms with E-state index in [1.54, 1.807) is 16.7 Å². The highest BCUT2D eigenvalue weighted by Gasteiger charge is 2.33. The van der Waals surface area contributed by atoms with Crippen LogP contribution in [-0.4, -0.2) is 55.8 Å². The Morgan fingerprint density at radius 2 is 1.94 bits per heavy atom. The maximum atomic E-state index is 12.7. The van der Waals surface area contributed by atoms with E-state index in [2.05, 4.69) is 67.5 Å². The molecule has 5 nitrogen and oxygen atoms in total. The van der Waals surface area contributed by atoms with E-state index in [1.807, 2.05) is 18.2 Å². The minimum atomic E-state index is -0.155. The van der Waals surface area contributed by atoms with Gasteiger partial charge in [0.1, 0.15) is 7.28 Å². The smallest absolute Gasteiger partial charge is 0.257 e. The van der Waals surface area contributed by atoms with E-state index in [1.165, 1.54) is 11.1 Å². The van der Waals surface area contributed by atoms with Gasteiger partial charge in [0.15, 0.2) is 0 Å². The maximum Gasteiger partial charge on any atom is 0.257 e. The fourth-order valence-electron chi connectivity index (χ4n) is 4.32. The van der Waals surface area contributed by atoms with Crippen molar-refractivity contribution in [3.63, 3.8) is 0 Å². The molecule has 0 radical (unpaired) electrons. The molecule has 0 spiro atoms. The van der Waals surface area contributed by atoms with Gasteiger partial charge in [0, 0.05) is 25.2 Å². The van der Waals surface area contributed by atoms with Crippen molar-refractivity contribution in [3.05, 3.63) is 65.1 Å². The number of carbonyl (C=O) groups excluding carboxylic acids is 2. The van der Waals surface area contributed by atoms with E-state index < -0.39 is 0 Å². The van der Waals surface area contributed by atoms with Crippen LogP contribution in [0.1, 0.15) is 18.4 Å². The average molecular weight is 447 g/mol. The standard InChI is InChI=1S/C25H30BN3O2S/c1-26-23-13-12-22(32-23)25(31)27-19-14-24(30)29(16-19)20-10-8-17(9-11-20)21-7-5-4-6-18(21)15-28(2)3/h4-12,19,23,26H,13-16H2,1-3H3,(H,27,31). The Labute approximate surface area is 195 Å². The van der Waals surface area contributed by atoms with Crippen molar-refractivity contribution in [3.8, 4) is 11.1 Å². The van der Waals surface area contributed by atoms with Crippen LogP contribution in [0.25, 0.3) is 11.1 Å². The largest absolute Gasteiger partial charge is 0.347 e. The number of amides is 2. The van der Waals surface area contributed by atoms with Gasteiger partial charge < -0.3 is 15.1 Å². The number of nitrogens with zero attached hydrogens (tertiary/aromatic N) is 2. The Bertz CT molecular complexity index is 1020. The SMILES string of the molecule is CBC1CC=C(C(=O)NC2CC(=O)N(c3ccc(-c4ccccc4CN(C)C)cc3)C2)S1. The number of thioether (sulfide) groups is 1. The molecule has 2 atom stereocenters. The summed E-state index contributed by atoms with van der Waals surface area (Å²) in [5, 5.41) is 3.56. The molecular formula is C25H30BN3O2S. The molecule has 2 amide bonds. The molecule has 2 aromatic carbocycles. The fourth-order valence-corrected chi connectivity index (χ4v) is 5.40. The molecule has 2 aromatic rings. The zero-order valence-electron chi connectivity index (χ0n) is 19.0. The number of anilines is 1. The Morgan fingerprint density at radius 3 is 2.62 bits per heavy atom. The van der Waals surface area contributed by atoms with Crippen LogP contribution in [0.5, 0.6) is 0 Å². The molecule has 0 aromatic heterocycles. The Kier molecular flexibility index (Phi) is 7.06. The topological polar surface area (TPSA) is 52.7 Å². The molecule has 2 aliphatic heterocycles. The van der Waals surface area contributed by atoms with Crippen LogP contribution in [-0.2, 0) is 16.1 Å². The molecule has 0 bridgehead atoms. The second-order valence-electron chi connectivity index (χ2n) is 8.77. The lowest BCUT2D eigenvalue weighted by molar-refractivity contribution is -0.118. The van der Waals surface area contributed by atoms with Gasteiger partial charge in [0.25, 0.3) is 5.91 Å². The van der Waals surface area contributed by atoms with Crippen molar-refractivity contribution in [2.75, 3.05) is 25.5 Å². The molecule has 4 rings (SSSR count). The van der Waals surface area contributed by atoms with Gasteiger partial charge in [0.05, 0.1) is 10.9 Å². The first-order valence-corrected chi connectivity index (χ1v) is 12.1. The average Bonchev–Trinajstić information content (AvgIpc) is 3.40. The van der Waals surface area contributed by atoms with Crippen LogP contribution >= 0.6 is 11.8 Å². The van der Waals surface area contributed by atoms with Crippen LogP contribution in [0.3, 0.4) is 0 Å². The third-order valence-corrected chi connectivity index (χ3v) is 7.46. The number of nitrogens with one attached hydrogen (secondary N) is 1. The molecular weight excluding hydrogens is 417 g/mol. The Morgan fingerprint density at radius 1 is 1.19 bits per heavy atom. The lowest BCUT2D eigenvalue weighted by Gasteiger charge is -2.19. The van der Waals surface area contributed by atoms with E-state index in [0.717, 1.165) is 36.4 Å². The maximum absolute atomic E-state index is 12.7. The summed E-state index contributed by atoms with van der Waals surface area (Å²) < 4.78 is 0. The summed E-state index contributed by atoms with van der Waals surface area (Å²) in [5.41, 5.74) is 4.49. The fraction of sp³-hybridized carbons (Fsp3) is 0.360. The molecule has 2 aliphatic rings. The van der Waals surface area contributed by atoms with Gasteiger partial charge >= 0.3 is 0 Å². The molecule has 7 heteroatoms. The summed E-state index contributed by atoms with van der Waals surface area (Å²) in [6.07, 6.45) is 3.31. The minimum Gasteiger partial charge on any atom is -0.347 e. The molecule has 2 heterocycles. The lowest BCUT2D eigenvalue weighted by Crippen LogP contribution is -2.37. The molecule has 1 N–H and O–H groups in total. The third kappa shape index (κ3) is 5.10. The van der Waals surface area contributed by atoms with Crippen LogP contribution in [0.15, 0.2) is 59.5 Å². The predicted molar refractivity (Wildman–Crippen MR) is 135 cm³/mol. The molecule has 1 saturated heterocycles. The summed E-state index contributed by atoms with van der Waals surface area (Å²) in [6, 6.07) is 16.4. The molecule has 2 unspecified atom stereocenters. The van der Waals surface area contributed by atoms with Crippen LogP contribution in [0, 0.1) is 0 Å². The third-order valence-electron chi connectivity index (χ3n) is 5.99. The molecule has 0 saturated carbocycles. The second-order valence-corrected chi connectivity index (χ2v) is 10.1. The van der Waals surface area contributed by atoms with Gasteiger partial charge in [-0.25, -0.2) is 0 Å². The minimum absolute atomic E-state index is 0.0431. The van der Waals surface area contributed by atoms with Crippen LogP contribution in [0.4, 0.5) is 5.69 Å². The number of benzene rings is 2. The quantitative estimate of drug-likeness (QED) is 0.661. The predicted octanol–water partition coefficient (Wildman–Crippen LogP) is 3.47. The second kappa shape index (κ2) is 9.96. The van der Waals surface area contributed by atoms with E-state index in [-0.39, 0.29) is 17.9 Å². The zero-order chi connectivity index (χ0) is 22.7. The van der Waals surface area contributed by atoms with Gasteiger partial charge in [-0.05, 0) is 54.5 Å². The van der Waals surface area contributed by atoms with Crippen LogP contribution in [0.2, 0.25) is 6.82 Å². The van der Waals surface area contributed by atoms with E-state index in [0.29, 0.717) is 18.1 Å². The van der Waals surface area contributed by atoms with Crippen molar-refractivity contribution in [2.45, 2.75) is 37.4 Å². The first-order valence-electron chi connectivity index (χ1n) is 11.3. The number of hydrogen-bond acceptors (Lipinski definition) is 4. The van der Waals surface area contributed by atoms with Crippen molar-refractivity contribution in [1.29, 1.82) is 0 Å². The highest BCUT2D eigenvalue weighted by molar-refractivity contribution is 8.06. The van der Waals surface area contributed by atoms with E-state index in [4.69, 9.17) is 0 Å². The first-order chi connectivity index (χ1) is 15.4. The Balaban J connectivity index is 1.42. The van der Waals surface area contributed by atoms with Crippen molar-refractivity contribution < 1.29 is 9.59 Å². The van der Waals surface area contributed by atoms with Gasteiger partial charge in [-0.2, -0.15) is 0 Å². The molecule has 1 fully saturated rings. The first kappa shape index (κ1) is 22.7. The summed E-state index contributed by atoms with van der Waals surface area (Å²) in [5.74, 6) is 0.00833. The van der Waals surface area contributed by atoms with Gasteiger partial charge in [0.2, 0.25) is 5.91 Å². The van der Waals surface area contributed by atoms with Crippen LogP contribution < -0.4 is 10.2 Å². The number of allylic oxidation sites excluding steroid dienone is 1. The van der Waals surface area contributed by atoms with Gasteiger partial charge in [-0.3, -0.25) is 9.59 Å². The molecule has 166 valence electrons. The summed E-state index contributed by atoms with van der Waals surface area (Å²) in [7, 11) is 5.19. The molecule has 32 heavy (non-hydrogen) atoms. The highest BCUT2D eigenvalue weighted by Crippen LogP contribution is 2.32. The summed E-state index contributed by atoms with van der Waals surface area (Å²) in [4.78, 5) is 30.0. The summed E-state index contributed by atoms with van der Waals surface area (Å²) in [6.45, 7) is 3.53. The normalized spacial score (nSPS) is 20.6. The monoisotopic (exact) mass is 447 g/mol. The number of hydrogen-bond donors (Lipinski definition) is 1. The van der Waals surface area contributed by atoms with Crippen molar-refractivity contribution in [2.24, 2.45) is 0 Å². The van der Waals surface area contributed by atoms with E-state index in [9.17, 15) is 9.59 Å². The highest BCUT2D eigenvalue weighted by atomic mass is 32.2.